The van der Waals surface area contributed by atoms with Crippen LogP contribution in [0, 0.1) is 11.3 Å². The Bertz CT molecular complexity index is 164. The maximum Gasteiger partial charge on any atom is 1.00 e. The van der Waals surface area contributed by atoms with Crippen molar-refractivity contribution in [1.82, 2.24) is 0 Å². The first-order chi connectivity index (χ1) is 5.02. The summed E-state index contributed by atoms with van der Waals surface area (Å²) in [5, 5.41) is 0. The molecule has 2 saturated carbocycles. The van der Waals surface area contributed by atoms with Gasteiger partial charge in [0.05, 0.1) is 0 Å². The van der Waals surface area contributed by atoms with Crippen molar-refractivity contribution in [3.63, 3.8) is 0 Å². The van der Waals surface area contributed by atoms with Crippen LogP contribution in [0.25, 0.3) is 0 Å². The van der Waals surface area contributed by atoms with Crippen LogP contribution in [0.15, 0.2) is 0 Å². The van der Waals surface area contributed by atoms with Crippen LogP contribution in [0.1, 0.15) is 32.1 Å². The predicted octanol–water partition coefficient (Wildman–Crippen LogP) is 0.0913. The molecule has 4 heteroatoms. The van der Waals surface area contributed by atoms with Gasteiger partial charge in [-0.2, -0.15) is 12.8 Å². The van der Waals surface area contributed by atoms with Crippen molar-refractivity contribution in [1.29, 1.82) is 0 Å². The molecule has 0 nitrogen and oxygen atoms in total. The van der Waals surface area contributed by atoms with E-state index < -0.39 is 6.18 Å². The van der Waals surface area contributed by atoms with Gasteiger partial charge in [0.1, 0.15) is 0 Å². The molecule has 0 radical (unpaired) electrons. The van der Waals surface area contributed by atoms with E-state index in [-0.39, 0.29) is 62.7 Å². The van der Waals surface area contributed by atoms with Gasteiger partial charge in [-0.05, 0) is 0 Å². The SMILES string of the molecule is FC(F)(F)[C-]1CC2(CCC2)C1.[K+]. The molecule has 0 aromatic rings. The third-order valence-electron chi connectivity index (χ3n) is 2.99. The fourth-order valence-corrected chi connectivity index (χ4v) is 2.08. The Morgan fingerprint density at radius 3 is 1.83 bits per heavy atom. The van der Waals surface area contributed by atoms with Crippen molar-refractivity contribution in [3.05, 3.63) is 5.92 Å². The van der Waals surface area contributed by atoms with E-state index in [9.17, 15) is 13.2 Å². The van der Waals surface area contributed by atoms with Crippen molar-refractivity contribution in [2.75, 3.05) is 0 Å². The van der Waals surface area contributed by atoms with Crippen molar-refractivity contribution < 1.29 is 64.6 Å². The van der Waals surface area contributed by atoms with Crippen molar-refractivity contribution in [2.45, 2.75) is 38.3 Å². The summed E-state index contributed by atoms with van der Waals surface area (Å²) >= 11 is 0. The minimum atomic E-state index is -4.00. The van der Waals surface area contributed by atoms with Crippen LogP contribution in [-0.4, -0.2) is 6.18 Å². The average molecular weight is 202 g/mol. The van der Waals surface area contributed by atoms with Crippen LogP contribution in [-0.2, 0) is 0 Å². The summed E-state index contributed by atoms with van der Waals surface area (Å²) in [6.07, 6.45) is -0.169. The second kappa shape index (κ2) is 3.53. The van der Waals surface area contributed by atoms with Crippen LogP contribution in [0.5, 0.6) is 0 Å². The van der Waals surface area contributed by atoms with Gasteiger partial charge in [0.15, 0.2) is 0 Å². The van der Waals surface area contributed by atoms with Crippen LogP contribution in [0.3, 0.4) is 0 Å². The molecule has 0 N–H and O–H groups in total. The molecule has 64 valence electrons. The van der Waals surface area contributed by atoms with E-state index in [0.717, 1.165) is 19.3 Å². The maximum atomic E-state index is 12.0. The summed E-state index contributed by atoms with van der Waals surface area (Å²) in [7, 11) is 0. The molecule has 2 aliphatic rings. The molecule has 0 saturated heterocycles. The van der Waals surface area contributed by atoms with Crippen molar-refractivity contribution >= 4 is 0 Å². The predicted molar refractivity (Wildman–Crippen MR) is 34.8 cm³/mol. The fraction of sp³-hybridized carbons (Fsp3) is 0.875. The Hall–Kier alpha value is 1.43. The summed E-state index contributed by atoms with van der Waals surface area (Å²) in [6.45, 7) is 0. The molecule has 0 atom stereocenters. The summed E-state index contributed by atoms with van der Waals surface area (Å²) in [6, 6.07) is 0. The second-order valence-corrected chi connectivity index (χ2v) is 3.81. The fourth-order valence-electron chi connectivity index (χ4n) is 2.08. The van der Waals surface area contributed by atoms with Crippen LogP contribution in [0.4, 0.5) is 13.2 Å². The largest absolute Gasteiger partial charge is 1.00 e. The third kappa shape index (κ3) is 1.92. The summed E-state index contributed by atoms with van der Waals surface area (Å²) in [4.78, 5) is 0. The molecule has 0 bridgehead atoms. The monoisotopic (exact) mass is 202 g/mol. The first-order valence-electron chi connectivity index (χ1n) is 3.94. The molecule has 2 fully saturated rings. The molecule has 0 aliphatic heterocycles. The molecule has 2 aliphatic carbocycles. The Labute approximate surface area is 113 Å². The van der Waals surface area contributed by atoms with E-state index in [1.165, 1.54) is 0 Å². The minimum Gasteiger partial charge on any atom is -0.211 e. The maximum absolute atomic E-state index is 12.0. The van der Waals surface area contributed by atoms with Gasteiger partial charge in [-0.1, -0.05) is 24.7 Å². The third-order valence-corrected chi connectivity index (χ3v) is 2.99. The van der Waals surface area contributed by atoms with Crippen molar-refractivity contribution in [3.8, 4) is 0 Å². The minimum absolute atomic E-state index is 0. The van der Waals surface area contributed by atoms with E-state index in [1.54, 1.807) is 0 Å². The molecule has 2 rings (SSSR count). The molecular weight excluding hydrogens is 192 g/mol. The summed E-state index contributed by atoms with van der Waals surface area (Å²) in [5.41, 5.74) is 0.116. The van der Waals surface area contributed by atoms with Crippen LogP contribution < -0.4 is 51.4 Å². The van der Waals surface area contributed by atoms with E-state index in [0.29, 0.717) is 12.8 Å². The summed E-state index contributed by atoms with van der Waals surface area (Å²) < 4.78 is 35.9. The molecule has 12 heavy (non-hydrogen) atoms. The van der Waals surface area contributed by atoms with Gasteiger partial charge in [-0.25, -0.2) is 19.1 Å². The van der Waals surface area contributed by atoms with Gasteiger partial charge in [-0.15, -0.1) is 0 Å². The normalized spacial score (nSPS) is 27.2. The number of rotatable bonds is 0. The van der Waals surface area contributed by atoms with Crippen LogP contribution >= 0.6 is 0 Å². The average Bonchev–Trinajstić information content (AvgIpc) is 1.49. The van der Waals surface area contributed by atoms with Gasteiger partial charge >= 0.3 is 51.4 Å². The molecule has 1 spiro atoms. The number of hydrogen-bond donors (Lipinski definition) is 0. The van der Waals surface area contributed by atoms with Crippen molar-refractivity contribution in [2.24, 2.45) is 5.41 Å². The zero-order chi connectivity index (χ0) is 8.11. The van der Waals surface area contributed by atoms with E-state index >= 15 is 0 Å². The first-order valence-corrected chi connectivity index (χ1v) is 3.94. The number of halogens is 3. The van der Waals surface area contributed by atoms with Crippen LogP contribution in [0.2, 0.25) is 0 Å². The molecule has 0 unspecified atom stereocenters. The first kappa shape index (κ1) is 11.5. The Morgan fingerprint density at radius 2 is 1.58 bits per heavy atom. The quantitative estimate of drug-likeness (QED) is 0.386. The molecule has 0 amide bonds. The molecule has 0 aromatic carbocycles. The molecule has 0 aromatic heterocycles. The van der Waals surface area contributed by atoms with Gasteiger partial charge < -0.3 is 0 Å². The van der Waals surface area contributed by atoms with E-state index in [2.05, 4.69) is 0 Å². The van der Waals surface area contributed by atoms with Gasteiger partial charge in [0.2, 0.25) is 0 Å². The van der Waals surface area contributed by atoms with Gasteiger partial charge in [0, 0.05) is 0 Å². The standard InChI is InChI=1S/C8H10F3.K/c9-8(10,11)6-4-7(5-6)2-1-3-7;/h1-5H2;/q-1;+1. The van der Waals surface area contributed by atoms with Gasteiger partial charge in [0.25, 0.3) is 6.18 Å². The Morgan fingerprint density at radius 1 is 1.08 bits per heavy atom. The second-order valence-electron chi connectivity index (χ2n) is 3.81. The number of alkyl halides is 3. The molecule has 0 heterocycles. The van der Waals surface area contributed by atoms with E-state index in [4.69, 9.17) is 0 Å². The zero-order valence-corrected chi connectivity index (χ0v) is 10.3. The van der Waals surface area contributed by atoms with Gasteiger partial charge in [-0.3, -0.25) is 0 Å². The molecular formula is C8H10F3K. The topological polar surface area (TPSA) is 0 Å². The Balaban J connectivity index is 0.000000720. The number of hydrogen-bond acceptors (Lipinski definition) is 0. The Kier molecular flexibility index (Phi) is 3.39. The smallest absolute Gasteiger partial charge is 0.211 e. The zero-order valence-electron chi connectivity index (χ0n) is 7.17. The van der Waals surface area contributed by atoms with E-state index in [1.807, 2.05) is 0 Å². The summed E-state index contributed by atoms with van der Waals surface area (Å²) in [5.74, 6) is -0.183.